The molecule has 0 N–H and O–H groups in total. The molecule has 0 amide bonds. The van der Waals surface area contributed by atoms with Crippen LogP contribution in [0.5, 0.6) is 0 Å². The molecule has 0 saturated heterocycles. The SMILES string of the molecule is Cc1cc(C(=O)Cc2cc(C)nn2C)ccn1. The molecule has 17 heavy (non-hydrogen) atoms. The van der Waals surface area contributed by atoms with Crippen molar-refractivity contribution in [2.75, 3.05) is 0 Å². The summed E-state index contributed by atoms with van der Waals surface area (Å²) in [5, 5.41) is 4.23. The number of Topliss-reactive ketones (excluding diaryl/α,β-unsaturated/α-hetero) is 1. The van der Waals surface area contributed by atoms with E-state index in [-0.39, 0.29) is 5.78 Å². The number of hydrogen-bond acceptors (Lipinski definition) is 3. The molecule has 0 unspecified atom stereocenters. The second kappa shape index (κ2) is 4.49. The van der Waals surface area contributed by atoms with Crippen LogP contribution >= 0.6 is 0 Å². The lowest BCUT2D eigenvalue weighted by Crippen LogP contribution is -2.08. The summed E-state index contributed by atoms with van der Waals surface area (Å²) in [6.07, 6.45) is 2.04. The Kier molecular flexibility index (Phi) is 3.04. The molecule has 4 nitrogen and oxygen atoms in total. The monoisotopic (exact) mass is 229 g/mol. The number of pyridine rings is 1. The Hall–Kier alpha value is -1.97. The zero-order chi connectivity index (χ0) is 12.4. The normalized spacial score (nSPS) is 10.5. The molecule has 0 bridgehead atoms. The number of carbonyl (C=O) groups is 1. The summed E-state index contributed by atoms with van der Waals surface area (Å²) in [5.74, 6) is 0.0958. The third-order valence-electron chi connectivity index (χ3n) is 2.66. The van der Waals surface area contributed by atoms with E-state index in [0.717, 1.165) is 17.1 Å². The molecular formula is C13H15N3O. The highest BCUT2D eigenvalue weighted by Crippen LogP contribution is 2.09. The second-order valence-corrected chi connectivity index (χ2v) is 4.19. The summed E-state index contributed by atoms with van der Waals surface area (Å²) < 4.78 is 1.75. The highest BCUT2D eigenvalue weighted by atomic mass is 16.1. The van der Waals surface area contributed by atoms with Gasteiger partial charge in [0, 0.05) is 30.2 Å². The van der Waals surface area contributed by atoms with E-state index in [4.69, 9.17) is 0 Å². The quantitative estimate of drug-likeness (QED) is 0.755. The van der Waals surface area contributed by atoms with E-state index in [1.165, 1.54) is 0 Å². The Morgan fingerprint density at radius 2 is 2.06 bits per heavy atom. The van der Waals surface area contributed by atoms with E-state index < -0.39 is 0 Å². The van der Waals surface area contributed by atoms with Gasteiger partial charge in [-0.1, -0.05) is 0 Å². The van der Waals surface area contributed by atoms with Crippen molar-refractivity contribution < 1.29 is 4.79 Å². The van der Waals surface area contributed by atoms with Crippen LogP contribution in [0.15, 0.2) is 24.4 Å². The standard InChI is InChI=1S/C13H15N3O/c1-9-6-11(4-5-14-9)13(17)8-12-7-10(2)15-16(12)3/h4-7H,8H2,1-3H3. The van der Waals surface area contributed by atoms with Crippen molar-refractivity contribution in [3.8, 4) is 0 Å². The minimum Gasteiger partial charge on any atom is -0.294 e. The molecule has 0 radical (unpaired) electrons. The van der Waals surface area contributed by atoms with Gasteiger partial charge in [0.05, 0.1) is 12.1 Å². The minimum absolute atomic E-state index is 0.0958. The predicted octanol–water partition coefficient (Wildman–Crippen LogP) is 1.86. The lowest BCUT2D eigenvalue weighted by molar-refractivity contribution is 0.0990. The van der Waals surface area contributed by atoms with Crippen molar-refractivity contribution >= 4 is 5.78 Å². The molecule has 2 rings (SSSR count). The van der Waals surface area contributed by atoms with E-state index in [0.29, 0.717) is 12.0 Å². The van der Waals surface area contributed by atoms with Gasteiger partial charge in [0.2, 0.25) is 0 Å². The van der Waals surface area contributed by atoms with Crippen molar-refractivity contribution in [1.82, 2.24) is 14.8 Å². The second-order valence-electron chi connectivity index (χ2n) is 4.19. The molecule has 88 valence electrons. The number of nitrogens with zero attached hydrogens (tertiary/aromatic N) is 3. The summed E-state index contributed by atoms with van der Waals surface area (Å²) in [6, 6.07) is 5.50. The van der Waals surface area contributed by atoms with E-state index in [1.807, 2.05) is 33.0 Å². The first-order valence-electron chi connectivity index (χ1n) is 5.51. The Balaban J connectivity index is 2.20. The molecule has 0 spiro atoms. The zero-order valence-corrected chi connectivity index (χ0v) is 10.3. The smallest absolute Gasteiger partial charge is 0.168 e. The molecule has 0 aromatic carbocycles. The first kappa shape index (κ1) is 11.5. The number of hydrogen-bond donors (Lipinski definition) is 0. The number of ketones is 1. The summed E-state index contributed by atoms with van der Waals surface area (Å²) in [7, 11) is 1.85. The van der Waals surface area contributed by atoms with E-state index in [1.54, 1.807) is 16.9 Å². The van der Waals surface area contributed by atoms with Crippen LogP contribution in [0.2, 0.25) is 0 Å². The Morgan fingerprint density at radius 1 is 1.29 bits per heavy atom. The van der Waals surface area contributed by atoms with Gasteiger partial charge in [-0.05, 0) is 32.0 Å². The number of rotatable bonds is 3. The number of carbonyl (C=O) groups excluding carboxylic acids is 1. The Morgan fingerprint density at radius 3 is 2.65 bits per heavy atom. The van der Waals surface area contributed by atoms with Crippen LogP contribution < -0.4 is 0 Å². The topological polar surface area (TPSA) is 47.8 Å². The van der Waals surface area contributed by atoms with Crippen LogP contribution in [0.1, 0.15) is 27.4 Å². The largest absolute Gasteiger partial charge is 0.294 e. The highest BCUT2D eigenvalue weighted by molar-refractivity contribution is 5.97. The molecule has 2 aromatic rings. The molecule has 0 aliphatic rings. The first-order chi connectivity index (χ1) is 8.06. The maximum atomic E-state index is 12.1. The summed E-state index contributed by atoms with van der Waals surface area (Å²) >= 11 is 0. The summed E-state index contributed by atoms with van der Waals surface area (Å²) in [6.45, 7) is 3.80. The van der Waals surface area contributed by atoms with Crippen molar-refractivity contribution in [3.05, 3.63) is 47.0 Å². The van der Waals surface area contributed by atoms with Crippen molar-refractivity contribution in [2.45, 2.75) is 20.3 Å². The molecule has 0 aliphatic carbocycles. The van der Waals surface area contributed by atoms with Crippen molar-refractivity contribution in [2.24, 2.45) is 7.05 Å². The molecular weight excluding hydrogens is 214 g/mol. The van der Waals surface area contributed by atoms with Crippen molar-refractivity contribution in [3.63, 3.8) is 0 Å². The maximum absolute atomic E-state index is 12.1. The third kappa shape index (κ3) is 2.58. The van der Waals surface area contributed by atoms with Gasteiger partial charge in [-0.3, -0.25) is 14.5 Å². The average Bonchev–Trinajstić information content (AvgIpc) is 2.57. The first-order valence-corrected chi connectivity index (χ1v) is 5.51. The lowest BCUT2D eigenvalue weighted by Gasteiger charge is -2.02. The number of aromatic nitrogens is 3. The van der Waals surface area contributed by atoms with Crippen molar-refractivity contribution in [1.29, 1.82) is 0 Å². The lowest BCUT2D eigenvalue weighted by atomic mass is 10.1. The molecule has 4 heteroatoms. The molecule has 0 fully saturated rings. The summed E-state index contributed by atoms with van der Waals surface area (Å²) in [5.41, 5.74) is 3.43. The van der Waals surface area contributed by atoms with Gasteiger partial charge < -0.3 is 0 Å². The molecule has 2 aromatic heterocycles. The molecule has 0 aliphatic heterocycles. The molecule has 0 atom stereocenters. The molecule has 0 saturated carbocycles. The van der Waals surface area contributed by atoms with Gasteiger partial charge in [0.25, 0.3) is 0 Å². The minimum atomic E-state index is 0.0958. The van der Waals surface area contributed by atoms with E-state index >= 15 is 0 Å². The van der Waals surface area contributed by atoms with Crippen LogP contribution in [-0.2, 0) is 13.5 Å². The predicted molar refractivity (Wildman–Crippen MR) is 65.0 cm³/mol. The number of aryl methyl sites for hydroxylation is 3. The Bertz CT molecular complexity index is 558. The maximum Gasteiger partial charge on any atom is 0.168 e. The van der Waals surface area contributed by atoms with Gasteiger partial charge in [-0.25, -0.2) is 0 Å². The van der Waals surface area contributed by atoms with Gasteiger partial charge in [0.15, 0.2) is 5.78 Å². The van der Waals surface area contributed by atoms with E-state index in [9.17, 15) is 4.79 Å². The van der Waals surface area contributed by atoms with Gasteiger partial charge in [-0.15, -0.1) is 0 Å². The molecule has 2 heterocycles. The zero-order valence-electron chi connectivity index (χ0n) is 10.3. The fraction of sp³-hybridized carbons (Fsp3) is 0.308. The van der Waals surface area contributed by atoms with Crippen LogP contribution in [0.4, 0.5) is 0 Å². The highest BCUT2D eigenvalue weighted by Gasteiger charge is 2.10. The van der Waals surface area contributed by atoms with Crippen LogP contribution in [-0.4, -0.2) is 20.5 Å². The van der Waals surface area contributed by atoms with Crippen LogP contribution in [0, 0.1) is 13.8 Å². The van der Waals surface area contributed by atoms with E-state index in [2.05, 4.69) is 10.1 Å². The Labute approximate surface area is 100 Å². The van der Waals surface area contributed by atoms with Gasteiger partial charge in [0.1, 0.15) is 0 Å². The van der Waals surface area contributed by atoms with Crippen LogP contribution in [0.3, 0.4) is 0 Å². The van der Waals surface area contributed by atoms with Gasteiger partial charge in [-0.2, -0.15) is 5.10 Å². The third-order valence-corrected chi connectivity index (χ3v) is 2.66. The van der Waals surface area contributed by atoms with Crippen LogP contribution in [0.25, 0.3) is 0 Å². The van der Waals surface area contributed by atoms with Gasteiger partial charge >= 0.3 is 0 Å². The summed E-state index contributed by atoms with van der Waals surface area (Å²) in [4.78, 5) is 16.1. The fourth-order valence-corrected chi connectivity index (χ4v) is 1.82. The average molecular weight is 229 g/mol. The fourth-order valence-electron chi connectivity index (χ4n) is 1.82.